The highest BCUT2D eigenvalue weighted by atomic mass is 32.1. The molecule has 2 aliphatic rings. The molecule has 0 radical (unpaired) electrons. The van der Waals surface area contributed by atoms with E-state index in [1.54, 1.807) is 0 Å². The fraction of sp³-hybridized carbons (Fsp3) is 0.526. The van der Waals surface area contributed by atoms with E-state index >= 15 is 0 Å². The molecule has 27 heavy (non-hydrogen) atoms. The van der Waals surface area contributed by atoms with E-state index in [4.69, 9.17) is 9.47 Å². The smallest absolute Gasteiger partial charge is 0.222 e. The first-order valence-electron chi connectivity index (χ1n) is 9.40. The summed E-state index contributed by atoms with van der Waals surface area (Å²) < 4.78 is 15.4. The largest absolute Gasteiger partial charge is 0.486 e. The minimum absolute atomic E-state index is 0.209. The normalized spacial score (nSPS) is 16.9. The van der Waals surface area contributed by atoms with Gasteiger partial charge in [-0.15, -0.1) is 0 Å². The van der Waals surface area contributed by atoms with Crippen molar-refractivity contribution in [1.82, 2.24) is 14.3 Å². The molecule has 2 aliphatic heterocycles. The highest BCUT2D eigenvalue weighted by Crippen LogP contribution is 2.31. The lowest BCUT2D eigenvalue weighted by Gasteiger charge is -2.22. The molecule has 2 aromatic rings. The van der Waals surface area contributed by atoms with Gasteiger partial charge in [0.25, 0.3) is 0 Å². The van der Waals surface area contributed by atoms with Crippen molar-refractivity contribution < 1.29 is 14.3 Å². The summed E-state index contributed by atoms with van der Waals surface area (Å²) in [6.07, 6.45) is 2.18. The molecule has 0 spiro atoms. The van der Waals surface area contributed by atoms with Crippen LogP contribution in [0.2, 0.25) is 0 Å². The van der Waals surface area contributed by atoms with Crippen LogP contribution in [-0.2, 0) is 11.2 Å². The van der Waals surface area contributed by atoms with Crippen molar-refractivity contribution in [2.45, 2.75) is 26.2 Å². The molecule has 1 amide bonds. The Labute approximate surface area is 163 Å². The van der Waals surface area contributed by atoms with E-state index in [2.05, 4.69) is 14.3 Å². The van der Waals surface area contributed by atoms with Crippen molar-refractivity contribution in [3.8, 4) is 11.5 Å². The maximum atomic E-state index is 12.7. The molecule has 4 rings (SSSR count). The lowest BCUT2D eigenvalue weighted by atomic mass is 10.1. The second-order valence-corrected chi connectivity index (χ2v) is 7.55. The molecule has 0 atom stereocenters. The van der Waals surface area contributed by atoms with E-state index in [1.165, 1.54) is 11.5 Å². The predicted octanol–water partition coefficient (Wildman–Crippen LogP) is 2.29. The first-order valence-corrected chi connectivity index (χ1v) is 10.2. The minimum Gasteiger partial charge on any atom is -0.486 e. The molecule has 0 bridgehead atoms. The van der Waals surface area contributed by atoms with Gasteiger partial charge in [-0.2, -0.15) is 4.37 Å². The number of benzene rings is 1. The number of ether oxygens (including phenoxy) is 2. The summed E-state index contributed by atoms with van der Waals surface area (Å²) in [5, 5.41) is 0.957. The van der Waals surface area contributed by atoms with E-state index in [9.17, 15) is 4.79 Å². The lowest BCUT2D eigenvalue weighted by Crippen LogP contribution is -2.35. The maximum Gasteiger partial charge on any atom is 0.222 e. The van der Waals surface area contributed by atoms with Gasteiger partial charge in [-0.1, -0.05) is 6.07 Å². The molecule has 1 fully saturated rings. The van der Waals surface area contributed by atoms with Gasteiger partial charge >= 0.3 is 0 Å². The van der Waals surface area contributed by atoms with Crippen LogP contribution >= 0.6 is 11.5 Å². The first kappa shape index (κ1) is 18.0. The van der Waals surface area contributed by atoms with E-state index < -0.39 is 0 Å². The zero-order valence-corrected chi connectivity index (χ0v) is 16.3. The molecule has 1 aromatic heterocycles. The molecule has 0 aliphatic carbocycles. The Morgan fingerprint density at radius 1 is 1.15 bits per heavy atom. The SMILES string of the molecule is Cc1nsc(N2CCCN(C(=O)CCc3ccc4c(c3)OCCO4)CC2)n1. The Hall–Kier alpha value is -2.35. The number of nitrogens with zero attached hydrogens (tertiary/aromatic N) is 4. The van der Waals surface area contributed by atoms with E-state index in [1.807, 2.05) is 30.0 Å². The summed E-state index contributed by atoms with van der Waals surface area (Å²) >= 11 is 1.43. The van der Waals surface area contributed by atoms with Crippen LogP contribution in [0.3, 0.4) is 0 Å². The zero-order valence-electron chi connectivity index (χ0n) is 15.5. The van der Waals surface area contributed by atoms with Crippen LogP contribution in [0.15, 0.2) is 18.2 Å². The highest BCUT2D eigenvalue weighted by Gasteiger charge is 2.21. The Morgan fingerprint density at radius 2 is 2.00 bits per heavy atom. The van der Waals surface area contributed by atoms with Crippen LogP contribution in [0.25, 0.3) is 0 Å². The summed E-state index contributed by atoms with van der Waals surface area (Å²) in [7, 11) is 0. The third-order valence-corrected chi connectivity index (χ3v) is 5.74. The van der Waals surface area contributed by atoms with Gasteiger partial charge in [0.2, 0.25) is 11.0 Å². The second kappa shape index (κ2) is 8.12. The van der Waals surface area contributed by atoms with Crippen molar-refractivity contribution in [2.24, 2.45) is 0 Å². The van der Waals surface area contributed by atoms with Crippen molar-refractivity contribution in [2.75, 3.05) is 44.3 Å². The van der Waals surface area contributed by atoms with Gasteiger partial charge in [-0.3, -0.25) is 4.79 Å². The number of anilines is 1. The molecule has 1 saturated heterocycles. The molecule has 0 saturated carbocycles. The van der Waals surface area contributed by atoms with Crippen molar-refractivity contribution in [1.29, 1.82) is 0 Å². The average molecular weight is 388 g/mol. The van der Waals surface area contributed by atoms with Crippen LogP contribution in [0, 0.1) is 6.92 Å². The van der Waals surface area contributed by atoms with Crippen LogP contribution in [0.1, 0.15) is 24.2 Å². The van der Waals surface area contributed by atoms with Crippen molar-refractivity contribution >= 4 is 22.6 Å². The number of hydrogen-bond donors (Lipinski definition) is 0. The number of hydrogen-bond acceptors (Lipinski definition) is 7. The Kier molecular flexibility index (Phi) is 5.42. The van der Waals surface area contributed by atoms with Crippen LogP contribution in [-0.4, -0.2) is 59.6 Å². The molecular weight excluding hydrogens is 364 g/mol. The van der Waals surface area contributed by atoms with E-state index in [0.717, 1.165) is 60.6 Å². The molecular formula is C19H24N4O3S. The monoisotopic (exact) mass is 388 g/mol. The van der Waals surface area contributed by atoms with Crippen molar-refractivity contribution in [3.05, 3.63) is 29.6 Å². The molecule has 0 unspecified atom stereocenters. The summed E-state index contributed by atoms with van der Waals surface area (Å²) in [6.45, 7) is 6.34. The van der Waals surface area contributed by atoms with Gasteiger partial charge < -0.3 is 19.3 Å². The lowest BCUT2D eigenvalue weighted by molar-refractivity contribution is -0.130. The predicted molar refractivity (Wildman–Crippen MR) is 104 cm³/mol. The molecule has 0 N–H and O–H groups in total. The summed E-state index contributed by atoms with van der Waals surface area (Å²) in [4.78, 5) is 21.4. The van der Waals surface area contributed by atoms with Crippen molar-refractivity contribution in [3.63, 3.8) is 0 Å². The van der Waals surface area contributed by atoms with Gasteiger partial charge in [-0.25, -0.2) is 4.98 Å². The van der Waals surface area contributed by atoms with Crippen LogP contribution in [0.5, 0.6) is 11.5 Å². The molecule has 8 heteroatoms. The van der Waals surface area contributed by atoms with Gasteiger partial charge in [0.15, 0.2) is 11.5 Å². The zero-order chi connectivity index (χ0) is 18.6. The number of carbonyl (C=O) groups excluding carboxylic acids is 1. The Morgan fingerprint density at radius 3 is 2.81 bits per heavy atom. The Bertz CT molecular complexity index is 810. The quantitative estimate of drug-likeness (QED) is 0.801. The molecule has 3 heterocycles. The summed E-state index contributed by atoms with van der Waals surface area (Å²) in [5.74, 6) is 2.59. The van der Waals surface area contributed by atoms with Gasteiger partial charge in [0.05, 0.1) is 0 Å². The number of aryl methyl sites for hydroxylation is 2. The molecule has 1 aromatic carbocycles. The fourth-order valence-corrected chi connectivity index (χ4v) is 4.15. The van der Waals surface area contributed by atoms with E-state index in [0.29, 0.717) is 26.1 Å². The summed E-state index contributed by atoms with van der Waals surface area (Å²) in [6, 6.07) is 5.94. The fourth-order valence-electron chi connectivity index (χ4n) is 3.43. The third-order valence-electron chi connectivity index (χ3n) is 4.87. The summed E-state index contributed by atoms with van der Waals surface area (Å²) in [5.41, 5.74) is 1.10. The minimum atomic E-state index is 0.209. The molecule has 7 nitrogen and oxygen atoms in total. The first-order chi connectivity index (χ1) is 13.2. The Balaban J connectivity index is 1.31. The number of amides is 1. The number of fused-ring (bicyclic) bond motifs is 1. The highest BCUT2D eigenvalue weighted by molar-refractivity contribution is 7.09. The van der Waals surface area contributed by atoms with Gasteiger partial charge in [-0.05, 0) is 37.5 Å². The average Bonchev–Trinajstić information content (AvgIpc) is 2.98. The topological polar surface area (TPSA) is 67.8 Å². The van der Waals surface area contributed by atoms with E-state index in [-0.39, 0.29) is 5.91 Å². The third kappa shape index (κ3) is 4.32. The standard InChI is InChI=1S/C19H24N4O3S/c1-14-20-19(27-21-14)23-8-2-7-22(9-10-23)18(24)6-4-15-3-5-16-17(13-15)26-12-11-25-16/h3,5,13H,2,4,6-12H2,1H3. The van der Waals surface area contributed by atoms with Crippen LogP contribution < -0.4 is 14.4 Å². The number of carbonyl (C=O) groups is 1. The van der Waals surface area contributed by atoms with Crippen LogP contribution in [0.4, 0.5) is 5.13 Å². The number of rotatable bonds is 4. The number of aromatic nitrogens is 2. The second-order valence-electron chi connectivity index (χ2n) is 6.82. The van der Waals surface area contributed by atoms with Gasteiger partial charge in [0.1, 0.15) is 19.0 Å². The molecule has 144 valence electrons. The van der Waals surface area contributed by atoms with Gasteiger partial charge in [0, 0.05) is 44.1 Å². The maximum absolute atomic E-state index is 12.7.